The maximum atomic E-state index is 12.1. The van der Waals surface area contributed by atoms with E-state index >= 15 is 0 Å². The molecule has 3 N–H and O–H groups in total. The van der Waals surface area contributed by atoms with E-state index in [2.05, 4.69) is 21.7 Å². The Balaban J connectivity index is 0.000000286. The van der Waals surface area contributed by atoms with E-state index in [-0.39, 0.29) is 17.6 Å². The number of halogens is 6. The number of hydrogen-bond acceptors (Lipinski definition) is 9. The summed E-state index contributed by atoms with van der Waals surface area (Å²) in [4.78, 5) is 18.1. The van der Waals surface area contributed by atoms with Crippen molar-refractivity contribution >= 4 is 32.0 Å². The van der Waals surface area contributed by atoms with E-state index in [1.54, 1.807) is 6.08 Å². The molecule has 4 atom stereocenters. The van der Waals surface area contributed by atoms with Crippen LogP contribution in [0.3, 0.4) is 0 Å². The number of ketones is 1. The maximum absolute atomic E-state index is 12.1. The quantitative estimate of drug-likeness (QED) is 0.0858. The van der Waals surface area contributed by atoms with Gasteiger partial charge in [0.15, 0.2) is 1.41 Å². The highest BCUT2D eigenvalue weighted by Crippen LogP contribution is 2.38. The predicted molar refractivity (Wildman–Crippen MR) is 113 cm³/mol. The Morgan fingerprint density at radius 2 is 1.57 bits per heavy atom. The fourth-order valence-corrected chi connectivity index (χ4v) is 4.21. The van der Waals surface area contributed by atoms with E-state index in [9.17, 15) is 48.0 Å². The second-order valence-electron chi connectivity index (χ2n) is 7.88. The van der Waals surface area contributed by atoms with Crippen molar-refractivity contribution in [2.24, 2.45) is 23.7 Å². The molecule has 6 aliphatic carbocycles. The van der Waals surface area contributed by atoms with Crippen LogP contribution in [0.1, 0.15) is 32.1 Å². The van der Waals surface area contributed by atoms with Gasteiger partial charge in [-0.2, -0.15) is 34.8 Å². The Labute approximate surface area is 210 Å². The third kappa shape index (κ3) is 9.37. The average Bonchev–Trinajstić information content (AvgIpc) is 2.84. The third-order valence-electron chi connectivity index (χ3n) is 5.38. The molecule has 0 aromatic carbocycles. The molecule has 18 heteroatoms. The van der Waals surface area contributed by atoms with Gasteiger partial charge in [0.25, 0.3) is 0 Å². The Morgan fingerprint density at radius 1 is 1.00 bits per heavy atom. The van der Waals surface area contributed by atoms with Crippen molar-refractivity contribution in [1.29, 1.82) is 5.40 Å². The van der Waals surface area contributed by atoms with Crippen molar-refractivity contribution in [3.63, 3.8) is 0 Å². The van der Waals surface area contributed by atoms with Crippen LogP contribution in [-0.4, -0.2) is 44.9 Å². The zero-order chi connectivity index (χ0) is 30.2. The number of Topliss-reactive ketones (excluding diaryl/α,β-unsaturated/α-hetero) is 1. The van der Waals surface area contributed by atoms with Crippen LogP contribution in [0.2, 0.25) is 2.82 Å². The van der Waals surface area contributed by atoms with Gasteiger partial charge in [0.05, 0.1) is 0 Å². The van der Waals surface area contributed by atoms with Gasteiger partial charge in [-0.1, -0.05) is 29.2 Å². The lowest BCUT2D eigenvalue weighted by Gasteiger charge is -2.29. The van der Waals surface area contributed by atoms with Crippen LogP contribution < -0.4 is 4.88 Å². The number of isocyanates is 1. The van der Waals surface area contributed by atoms with E-state index in [0.29, 0.717) is 24.0 Å². The van der Waals surface area contributed by atoms with E-state index in [1.165, 1.54) is 12.5 Å². The van der Waals surface area contributed by atoms with Gasteiger partial charge in [0, 0.05) is 18.3 Å². The second-order valence-corrected chi connectivity index (χ2v) is 11.0. The van der Waals surface area contributed by atoms with Gasteiger partial charge in [-0.15, -0.1) is 0 Å². The number of carbonyl (C=O) groups is 1. The second kappa shape index (κ2) is 12.8. The summed E-state index contributed by atoms with van der Waals surface area (Å²) < 4.78 is 126. The summed E-state index contributed by atoms with van der Waals surface area (Å²) in [5.41, 5.74) is -11.0. The van der Waals surface area contributed by atoms with Crippen molar-refractivity contribution in [2.75, 3.05) is 0 Å². The monoisotopic (exact) mass is 586 g/mol. The molecule has 0 aromatic heterocycles. The van der Waals surface area contributed by atoms with Crippen LogP contribution in [0, 0.1) is 29.1 Å². The van der Waals surface area contributed by atoms with E-state index < -0.39 is 36.0 Å². The fourth-order valence-electron chi connectivity index (χ4n) is 3.59. The number of carbonyl (C=O) groups excluding carboxylic acids is 2. The number of rotatable bonds is 3. The number of allylic oxidation sites excluding steroid dienone is 5. The molecule has 0 saturated heterocycles. The summed E-state index contributed by atoms with van der Waals surface area (Å²) in [6.45, 7) is 0. The highest BCUT2D eigenvalue weighted by atomic mass is 32.2. The molecule has 210 valence electrons. The SMILES string of the molecule is O=C1CC2C=CC1CC2.O=S(=O)(OC1=CC2C=CC1CC2)C(F)(F)F.[2H]N(O)S(=O)(=O)C(F)(F)F.[2H]N=C=O. The number of fused-ring (bicyclic) bond motifs is 3. The minimum atomic E-state index is -5.86. The van der Waals surface area contributed by atoms with Crippen molar-refractivity contribution < 1.29 is 65.0 Å². The molecule has 0 aliphatic heterocycles. The minimum absolute atomic E-state index is 0.0107. The summed E-state index contributed by atoms with van der Waals surface area (Å²) in [5.74, 6) is 0.910. The molecular weight excluding hydrogens is 562 g/mol. The first-order chi connectivity index (χ1) is 17.8. The Morgan fingerprint density at radius 3 is 1.78 bits per heavy atom. The molecule has 1 fully saturated rings. The molecule has 37 heavy (non-hydrogen) atoms. The van der Waals surface area contributed by atoms with Crippen LogP contribution in [0.25, 0.3) is 0 Å². The molecule has 0 aromatic rings. The molecule has 0 heterocycles. The first kappa shape index (κ1) is 29.0. The topological polar surface area (TPSA) is 168 Å². The van der Waals surface area contributed by atoms with Crippen molar-refractivity contribution in [3.8, 4) is 0 Å². The number of hydrogen-bond donors (Lipinski definition) is 3. The molecule has 6 aliphatic rings. The molecule has 0 spiro atoms. The van der Waals surface area contributed by atoms with Crippen molar-refractivity contribution in [2.45, 2.75) is 43.1 Å². The van der Waals surface area contributed by atoms with Gasteiger partial charge < -0.3 is 9.39 Å². The van der Waals surface area contributed by atoms with Gasteiger partial charge >= 0.3 is 31.2 Å². The summed E-state index contributed by atoms with van der Waals surface area (Å²) in [6, 6.07) is 0. The number of nitrogens with one attached hydrogen (secondary N) is 2. The van der Waals surface area contributed by atoms with Crippen molar-refractivity contribution in [1.82, 2.24) is 4.88 Å². The molecule has 10 nitrogen and oxygen atoms in total. The van der Waals surface area contributed by atoms with Crippen LogP contribution in [-0.2, 0) is 33.9 Å². The zero-order valence-electron chi connectivity index (χ0n) is 20.5. The Kier molecular flexibility index (Phi) is 10.1. The lowest BCUT2D eigenvalue weighted by Crippen LogP contribution is -2.34. The van der Waals surface area contributed by atoms with Gasteiger partial charge in [-0.3, -0.25) is 4.79 Å². The Bertz CT molecular complexity index is 1230. The molecule has 0 amide bonds. The summed E-state index contributed by atoms with van der Waals surface area (Å²) in [5, 5.41) is 9.79. The van der Waals surface area contributed by atoms with Gasteiger partial charge in [0.2, 0.25) is 7.49 Å². The van der Waals surface area contributed by atoms with Crippen molar-refractivity contribution in [3.05, 3.63) is 36.1 Å². The number of alkyl halides is 6. The summed E-state index contributed by atoms with van der Waals surface area (Å²) >= 11 is 0. The summed E-state index contributed by atoms with van der Waals surface area (Å²) in [7, 11) is -11.4. The van der Waals surface area contributed by atoms with Crippen LogP contribution in [0.15, 0.2) is 36.1 Å². The van der Waals surface area contributed by atoms with Crippen LogP contribution >= 0.6 is 0 Å². The first-order valence-corrected chi connectivity index (χ1v) is 13.0. The predicted octanol–water partition coefficient (Wildman–Crippen LogP) is 3.59. The molecule has 4 bridgehead atoms. The number of sulfonamides is 1. The lowest BCUT2D eigenvalue weighted by molar-refractivity contribution is -0.124. The molecule has 4 unspecified atom stereocenters. The zero-order valence-corrected chi connectivity index (χ0v) is 20.1. The lowest BCUT2D eigenvalue weighted by atomic mass is 9.75. The van der Waals surface area contributed by atoms with Crippen LogP contribution in [0.4, 0.5) is 26.3 Å². The smallest absolute Gasteiger partial charge is 0.380 e. The fraction of sp³-hybridized carbons (Fsp3) is 0.579. The molecular formula is C19H22F6N2O8S2. The van der Waals surface area contributed by atoms with E-state index in [4.69, 9.17) is 12.8 Å². The first-order valence-electron chi connectivity index (χ1n) is 11.1. The normalized spacial score (nSPS) is 26.6. The largest absolute Gasteiger partial charge is 0.534 e. The van der Waals surface area contributed by atoms with Gasteiger partial charge in [-0.25, -0.2) is 18.6 Å². The van der Waals surface area contributed by atoms with Crippen LogP contribution in [0.5, 0.6) is 0 Å². The van der Waals surface area contributed by atoms with Gasteiger partial charge in [0.1, 0.15) is 11.5 Å². The van der Waals surface area contributed by atoms with E-state index in [0.717, 1.165) is 25.3 Å². The molecule has 1 saturated carbocycles. The highest BCUT2D eigenvalue weighted by molar-refractivity contribution is 7.90. The van der Waals surface area contributed by atoms with Gasteiger partial charge in [-0.05, 0) is 43.6 Å². The summed E-state index contributed by atoms with van der Waals surface area (Å²) in [6.07, 6.45) is 14.9. The third-order valence-corrected chi connectivity index (χ3v) is 7.15. The minimum Gasteiger partial charge on any atom is -0.380 e. The average molecular weight is 587 g/mol. The molecule has 6 rings (SSSR count). The standard InChI is InChI=1S/C9H9F3O3S.C8H10O.CH2F3NO3S.CHNO/c10-9(11,12)16(13,14)15-8-5-6-1-3-7(8)4-2-6;9-8-5-6-1-3-7(8)4-2-6;2-1(3,4)9(7,8)5-6;2-1-3/h1,3,5-7H,2,4H2;1,3,6-7H,2,4-5H2;5-6H;2H/i/hD2. The maximum Gasteiger partial charge on any atom is 0.534 e. The Hall–Kier alpha value is -2.53. The van der Waals surface area contributed by atoms with E-state index in [1.807, 2.05) is 6.08 Å². The highest BCUT2D eigenvalue weighted by Gasteiger charge is 2.49. The molecule has 0 radical (unpaired) electrons.